The Morgan fingerprint density at radius 1 is 1.10 bits per heavy atom. The van der Waals surface area contributed by atoms with E-state index in [1.807, 2.05) is 6.08 Å². The number of phosphoric ester groups is 1. The molecule has 0 spiro atoms. The number of rotatable bonds is 7. The molecular formula is C32H53O7P. The van der Waals surface area contributed by atoms with Gasteiger partial charge in [0.15, 0.2) is 5.78 Å². The molecule has 0 saturated heterocycles. The van der Waals surface area contributed by atoms with E-state index in [0.717, 1.165) is 25.7 Å². The number of hydrogen-bond donors (Lipinski definition) is 2. The monoisotopic (exact) mass is 580 g/mol. The summed E-state index contributed by atoms with van der Waals surface area (Å²) in [5.41, 5.74) is 1.03. The first-order valence-electron chi connectivity index (χ1n) is 15.4. The van der Waals surface area contributed by atoms with Crippen molar-refractivity contribution in [2.45, 2.75) is 126 Å². The molecule has 40 heavy (non-hydrogen) atoms. The zero-order chi connectivity index (χ0) is 30.1. The molecule has 0 radical (unpaired) electrons. The van der Waals surface area contributed by atoms with Gasteiger partial charge in [0.25, 0.3) is 0 Å². The number of ether oxygens (including phenoxy) is 1. The normalized spacial score (nSPS) is 41.3. The summed E-state index contributed by atoms with van der Waals surface area (Å²) in [6, 6.07) is 0. The van der Waals surface area contributed by atoms with Crippen molar-refractivity contribution in [1.82, 2.24) is 0 Å². The van der Waals surface area contributed by atoms with Crippen molar-refractivity contribution >= 4 is 19.6 Å². The van der Waals surface area contributed by atoms with Gasteiger partial charge in [-0.25, -0.2) is 4.57 Å². The van der Waals surface area contributed by atoms with Crippen LogP contribution in [0.4, 0.5) is 0 Å². The van der Waals surface area contributed by atoms with Crippen LogP contribution in [0.25, 0.3) is 0 Å². The van der Waals surface area contributed by atoms with E-state index < -0.39 is 31.4 Å². The topological polar surface area (TPSA) is 110 Å². The molecule has 0 bridgehead atoms. The van der Waals surface area contributed by atoms with Crippen LogP contribution >= 0.6 is 7.82 Å². The summed E-state index contributed by atoms with van der Waals surface area (Å²) in [5.74, 6) is 1.07. The largest absolute Gasteiger partial charge is 0.469 e. The number of hydrogen-bond acceptors (Lipinski definition) is 5. The molecule has 0 aromatic heterocycles. The summed E-state index contributed by atoms with van der Waals surface area (Å²) in [6.45, 7) is 20.0. The standard InChI is InChI=1S/C32H53O7P/c1-19(10-13-29(4,5)6)20(2)22-11-14-32(9)24-16-26(34)25-17-27(38-21(3)33)28(39-40(35,36)37)18-30(25,7)23(24)12-15-31(22,32)8/h16,19-20,22-23,25,27-28H,10-15,17-18H2,1-9H3,(H2,35,36,37)/t19-,20-,22-,23?,25+,27-,28+,30-,31-,32+/m1/s1. The van der Waals surface area contributed by atoms with Crippen LogP contribution in [0, 0.1) is 51.2 Å². The van der Waals surface area contributed by atoms with Crippen molar-refractivity contribution in [3.63, 3.8) is 0 Å². The van der Waals surface area contributed by atoms with Crippen molar-refractivity contribution in [3.8, 4) is 0 Å². The van der Waals surface area contributed by atoms with Gasteiger partial charge >= 0.3 is 13.8 Å². The predicted molar refractivity (Wildman–Crippen MR) is 155 cm³/mol. The maximum atomic E-state index is 13.8. The lowest BCUT2D eigenvalue weighted by atomic mass is 9.43. The van der Waals surface area contributed by atoms with E-state index in [-0.39, 0.29) is 41.3 Å². The summed E-state index contributed by atoms with van der Waals surface area (Å²) in [5, 5.41) is 0. The van der Waals surface area contributed by atoms with Crippen LogP contribution in [0.15, 0.2) is 11.6 Å². The summed E-state index contributed by atoms with van der Waals surface area (Å²) in [7, 11) is -4.82. The molecule has 4 aliphatic carbocycles. The second-order valence-electron chi connectivity index (χ2n) is 15.7. The highest BCUT2D eigenvalue weighted by atomic mass is 31.2. The summed E-state index contributed by atoms with van der Waals surface area (Å²) < 4.78 is 22.6. The zero-order valence-electron chi connectivity index (χ0n) is 26.2. The molecule has 0 heterocycles. The first-order valence-corrected chi connectivity index (χ1v) is 16.9. The molecule has 3 saturated carbocycles. The summed E-state index contributed by atoms with van der Waals surface area (Å²) in [6.07, 6.45) is 7.26. The Kier molecular flexibility index (Phi) is 8.47. The Morgan fingerprint density at radius 3 is 2.33 bits per heavy atom. The lowest BCUT2D eigenvalue weighted by Crippen LogP contribution is -2.58. The minimum Gasteiger partial charge on any atom is -0.460 e. The number of carbonyl (C=O) groups is 2. The predicted octanol–water partition coefficient (Wildman–Crippen LogP) is 7.25. The molecule has 3 fully saturated rings. The minimum atomic E-state index is -4.82. The second kappa shape index (κ2) is 10.6. The van der Waals surface area contributed by atoms with Gasteiger partial charge in [-0.3, -0.25) is 14.1 Å². The Bertz CT molecular complexity index is 1090. The van der Waals surface area contributed by atoms with Crippen molar-refractivity contribution < 1.29 is 33.2 Å². The van der Waals surface area contributed by atoms with E-state index in [4.69, 9.17) is 9.26 Å². The number of ketones is 1. The third-order valence-electron chi connectivity index (χ3n) is 12.2. The Morgan fingerprint density at radius 2 is 1.75 bits per heavy atom. The van der Waals surface area contributed by atoms with Crippen LogP contribution in [0.1, 0.15) is 114 Å². The van der Waals surface area contributed by atoms with E-state index in [1.165, 1.54) is 25.3 Å². The van der Waals surface area contributed by atoms with Crippen molar-refractivity contribution in [2.75, 3.05) is 0 Å². The van der Waals surface area contributed by atoms with E-state index in [0.29, 0.717) is 23.2 Å². The fourth-order valence-corrected chi connectivity index (χ4v) is 10.1. The van der Waals surface area contributed by atoms with E-state index in [2.05, 4.69) is 55.4 Å². The number of phosphoric acid groups is 1. The van der Waals surface area contributed by atoms with Crippen LogP contribution < -0.4 is 0 Å². The zero-order valence-corrected chi connectivity index (χ0v) is 27.1. The van der Waals surface area contributed by atoms with Gasteiger partial charge in [0, 0.05) is 12.8 Å². The molecule has 4 aliphatic rings. The molecule has 0 amide bonds. The first kappa shape index (κ1) is 31.9. The molecule has 4 rings (SSSR count). The molecular weight excluding hydrogens is 527 g/mol. The third kappa shape index (κ3) is 5.66. The molecule has 0 aliphatic heterocycles. The Labute approximate surface area is 241 Å². The van der Waals surface area contributed by atoms with Crippen LogP contribution in [-0.2, 0) is 23.4 Å². The SMILES string of the molecule is CC(=O)O[C@@H]1C[C@H]2C(=O)C=C3C(CC[C@]4(C)[C@@H]([C@H](C)[C@H](C)CCC(C)(C)C)CC[C@@]34C)[C@@]2(C)C[C@@H]1OP(=O)(O)O. The fourth-order valence-electron chi connectivity index (χ4n) is 9.54. The highest BCUT2D eigenvalue weighted by Gasteiger charge is 2.66. The molecule has 10 atom stereocenters. The molecule has 228 valence electrons. The summed E-state index contributed by atoms with van der Waals surface area (Å²) in [4.78, 5) is 45.0. The van der Waals surface area contributed by atoms with Crippen LogP contribution in [-0.4, -0.2) is 33.7 Å². The number of allylic oxidation sites excluding steroid dienone is 2. The van der Waals surface area contributed by atoms with E-state index >= 15 is 0 Å². The van der Waals surface area contributed by atoms with Crippen LogP contribution in [0.3, 0.4) is 0 Å². The van der Waals surface area contributed by atoms with Gasteiger partial charge in [-0.05, 0) is 103 Å². The lowest BCUT2D eigenvalue weighted by molar-refractivity contribution is -0.169. The summed E-state index contributed by atoms with van der Waals surface area (Å²) >= 11 is 0. The smallest absolute Gasteiger partial charge is 0.460 e. The average molecular weight is 581 g/mol. The molecule has 7 nitrogen and oxygen atoms in total. The van der Waals surface area contributed by atoms with Crippen molar-refractivity contribution in [2.24, 2.45) is 51.2 Å². The van der Waals surface area contributed by atoms with Gasteiger partial charge in [-0.2, -0.15) is 0 Å². The quantitative estimate of drug-likeness (QED) is 0.241. The van der Waals surface area contributed by atoms with E-state index in [9.17, 15) is 23.9 Å². The fraction of sp³-hybridized carbons (Fsp3) is 0.875. The number of esters is 1. The molecule has 0 aromatic carbocycles. The van der Waals surface area contributed by atoms with Crippen molar-refractivity contribution in [3.05, 3.63) is 11.6 Å². The number of carbonyl (C=O) groups excluding carboxylic acids is 2. The number of fused-ring (bicyclic) bond motifs is 5. The highest BCUT2D eigenvalue weighted by molar-refractivity contribution is 7.46. The maximum Gasteiger partial charge on any atom is 0.469 e. The third-order valence-corrected chi connectivity index (χ3v) is 12.8. The molecule has 8 heteroatoms. The maximum absolute atomic E-state index is 13.8. The highest BCUT2D eigenvalue weighted by Crippen LogP contribution is 2.72. The van der Waals surface area contributed by atoms with Crippen molar-refractivity contribution in [1.29, 1.82) is 0 Å². The van der Waals surface area contributed by atoms with E-state index in [1.54, 1.807) is 0 Å². The Hall–Kier alpha value is -1.01. The first-order chi connectivity index (χ1) is 18.2. The van der Waals surface area contributed by atoms with Gasteiger partial charge in [0.05, 0.1) is 0 Å². The Balaban J connectivity index is 1.65. The second-order valence-corrected chi connectivity index (χ2v) is 16.9. The minimum absolute atomic E-state index is 0.0565. The van der Waals surface area contributed by atoms with Crippen LogP contribution in [0.5, 0.6) is 0 Å². The van der Waals surface area contributed by atoms with Gasteiger partial charge < -0.3 is 14.5 Å². The van der Waals surface area contributed by atoms with Gasteiger partial charge in [0.1, 0.15) is 12.2 Å². The van der Waals surface area contributed by atoms with Crippen LogP contribution in [0.2, 0.25) is 0 Å². The average Bonchev–Trinajstić information content (AvgIpc) is 3.08. The lowest BCUT2D eigenvalue weighted by Gasteiger charge is -2.61. The molecule has 2 N–H and O–H groups in total. The van der Waals surface area contributed by atoms with Gasteiger partial charge in [-0.1, -0.05) is 61.0 Å². The van der Waals surface area contributed by atoms with Gasteiger partial charge in [0.2, 0.25) is 0 Å². The van der Waals surface area contributed by atoms with Gasteiger partial charge in [-0.15, -0.1) is 0 Å². The molecule has 0 aromatic rings. The molecule has 1 unspecified atom stereocenters.